The van der Waals surface area contributed by atoms with E-state index < -0.39 is 6.10 Å². The van der Waals surface area contributed by atoms with Crippen molar-refractivity contribution in [3.05, 3.63) is 65.2 Å². The Morgan fingerprint density at radius 3 is 2.84 bits per heavy atom. The summed E-state index contributed by atoms with van der Waals surface area (Å²) >= 11 is 5.95. The molecule has 2 atom stereocenters. The second-order valence-corrected chi connectivity index (χ2v) is 7.63. The number of amides is 1. The predicted molar refractivity (Wildman–Crippen MR) is 117 cm³/mol. The quantitative estimate of drug-likeness (QED) is 0.604. The van der Waals surface area contributed by atoms with Crippen molar-refractivity contribution in [1.29, 1.82) is 0 Å². The summed E-state index contributed by atoms with van der Waals surface area (Å²) in [6.45, 7) is 2.08. The van der Waals surface area contributed by atoms with Crippen LogP contribution >= 0.6 is 11.6 Å². The van der Waals surface area contributed by atoms with Crippen LogP contribution in [-0.2, 0) is 11.2 Å². The second kappa shape index (κ2) is 9.22. The summed E-state index contributed by atoms with van der Waals surface area (Å²) in [5, 5.41) is 11.7. The van der Waals surface area contributed by atoms with Crippen molar-refractivity contribution in [2.24, 2.45) is 0 Å². The lowest BCUT2D eigenvalue weighted by atomic mass is 10.0. The summed E-state index contributed by atoms with van der Waals surface area (Å²) < 4.78 is 16.7. The van der Waals surface area contributed by atoms with E-state index in [-0.39, 0.29) is 12.0 Å². The lowest BCUT2D eigenvalue weighted by Gasteiger charge is -2.17. The first-order valence-electron chi connectivity index (χ1n) is 9.89. The molecule has 0 fully saturated rings. The Bertz CT molecular complexity index is 1070. The van der Waals surface area contributed by atoms with Crippen LogP contribution in [0.4, 0.5) is 0 Å². The van der Waals surface area contributed by atoms with Crippen LogP contribution in [0.3, 0.4) is 0 Å². The summed E-state index contributed by atoms with van der Waals surface area (Å²) in [6.07, 6.45) is -0.103. The molecule has 0 spiro atoms. The highest BCUT2D eigenvalue weighted by molar-refractivity contribution is 6.30. The molecular formula is C23H22ClN3O4. The number of aromatic nitrogens is 2. The number of hydrogen-bond donors (Lipinski definition) is 1. The Labute approximate surface area is 185 Å². The molecule has 2 heterocycles. The maximum Gasteiger partial charge on any atom is 0.260 e. The number of fused-ring (bicyclic) bond motifs is 1. The molecule has 1 aromatic heterocycles. The van der Waals surface area contributed by atoms with Gasteiger partial charge >= 0.3 is 0 Å². The SMILES string of the molecule is COc1ccc(-c2ccc3c(c2)C[C@@H](CNC(=O)[C@@H](C)Oc2cccc(Cl)c2)O3)nn1. The summed E-state index contributed by atoms with van der Waals surface area (Å²) in [5.74, 6) is 1.62. The Hall–Kier alpha value is -3.32. The van der Waals surface area contributed by atoms with Crippen LogP contribution in [-0.4, -0.2) is 42.0 Å². The second-order valence-electron chi connectivity index (χ2n) is 7.19. The van der Waals surface area contributed by atoms with E-state index in [9.17, 15) is 4.79 Å². The number of carbonyl (C=O) groups is 1. The van der Waals surface area contributed by atoms with Gasteiger partial charge < -0.3 is 19.5 Å². The van der Waals surface area contributed by atoms with Gasteiger partial charge in [-0.1, -0.05) is 17.7 Å². The van der Waals surface area contributed by atoms with Crippen molar-refractivity contribution in [1.82, 2.24) is 15.5 Å². The van der Waals surface area contributed by atoms with Gasteiger partial charge in [-0.15, -0.1) is 10.2 Å². The summed E-state index contributed by atoms with van der Waals surface area (Å²) in [5.41, 5.74) is 2.77. The van der Waals surface area contributed by atoms with Gasteiger partial charge in [-0.05, 0) is 55.0 Å². The van der Waals surface area contributed by atoms with Gasteiger partial charge in [0.2, 0.25) is 5.88 Å². The molecule has 8 heteroatoms. The highest BCUT2D eigenvalue weighted by Gasteiger charge is 2.25. The van der Waals surface area contributed by atoms with E-state index >= 15 is 0 Å². The molecule has 0 saturated heterocycles. The zero-order valence-corrected chi connectivity index (χ0v) is 17.9. The molecule has 7 nitrogen and oxygen atoms in total. The van der Waals surface area contributed by atoms with Crippen LogP contribution in [0.2, 0.25) is 5.02 Å². The third kappa shape index (κ3) is 5.06. The van der Waals surface area contributed by atoms with E-state index in [1.54, 1.807) is 44.4 Å². The maximum atomic E-state index is 12.4. The maximum absolute atomic E-state index is 12.4. The number of halogens is 1. The summed E-state index contributed by atoms with van der Waals surface area (Å²) in [6, 6.07) is 16.5. The fourth-order valence-electron chi connectivity index (χ4n) is 3.33. The predicted octanol–water partition coefficient (Wildman–Crippen LogP) is 3.69. The molecule has 31 heavy (non-hydrogen) atoms. The largest absolute Gasteiger partial charge is 0.488 e. The van der Waals surface area contributed by atoms with Gasteiger partial charge in [0, 0.05) is 23.1 Å². The first-order chi connectivity index (χ1) is 15.0. The van der Waals surface area contributed by atoms with Crippen molar-refractivity contribution in [2.45, 2.75) is 25.6 Å². The fraction of sp³-hybridized carbons (Fsp3) is 0.261. The molecule has 3 aromatic rings. The molecule has 0 bridgehead atoms. The molecule has 0 aliphatic carbocycles. The Kier molecular flexibility index (Phi) is 6.23. The Balaban J connectivity index is 1.32. The Morgan fingerprint density at radius 1 is 1.23 bits per heavy atom. The molecule has 1 N–H and O–H groups in total. The summed E-state index contributed by atoms with van der Waals surface area (Å²) in [7, 11) is 1.56. The minimum absolute atomic E-state index is 0.144. The van der Waals surface area contributed by atoms with E-state index in [2.05, 4.69) is 15.5 Å². The van der Waals surface area contributed by atoms with Gasteiger partial charge in [0.25, 0.3) is 5.91 Å². The number of methoxy groups -OCH3 is 1. The van der Waals surface area contributed by atoms with Crippen molar-refractivity contribution < 1.29 is 19.0 Å². The molecule has 0 radical (unpaired) electrons. The van der Waals surface area contributed by atoms with Gasteiger partial charge in [0.15, 0.2) is 6.10 Å². The van der Waals surface area contributed by atoms with Gasteiger partial charge in [0.1, 0.15) is 17.6 Å². The number of ether oxygens (including phenoxy) is 3. The number of hydrogen-bond acceptors (Lipinski definition) is 6. The van der Waals surface area contributed by atoms with Crippen molar-refractivity contribution in [3.63, 3.8) is 0 Å². The lowest BCUT2D eigenvalue weighted by molar-refractivity contribution is -0.127. The van der Waals surface area contributed by atoms with Gasteiger partial charge in [0.05, 0.1) is 19.3 Å². The zero-order chi connectivity index (χ0) is 21.8. The minimum atomic E-state index is -0.650. The molecule has 2 aromatic carbocycles. The van der Waals surface area contributed by atoms with E-state index in [0.717, 1.165) is 22.6 Å². The van der Waals surface area contributed by atoms with Crippen molar-refractivity contribution >= 4 is 17.5 Å². The molecule has 160 valence electrons. The third-order valence-electron chi connectivity index (χ3n) is 4.93. The monoisotopic (exact) mass is 439 g/mol. The average molecular weight is 440 g/mol. The van der Waals surface area contributed by atoms with E-state index in [4.69, 9.17) is 25.8 Å². The van der Waals surface area contributed by atoms with Crippen molar-refractivity contribution in [2.75, 3.05) is 13.7 Å². The summed E-state index contributed by atoms with van der Waals surface area (Å²) in [4.78, 5) is 12.4. The smallest absolute Gasteiger partial charge is 0.260 e. The van der Waals surface area contributed by atoms with Crippen LogP contribution < -0.4 is 19.5 Å². The number of carbonyl (C=O) groups excluding carboxylic acids is 1. The number of nitrogens with one attached hydrogen (secondary N) is 1. The van der Waals surface area contributed by atoms with E-state index in [1.807, 2.05) is 24.3 Å². The van der Waals surface area contributed by atoms with Crippen LogP contribution in [0, 0.1) is 0 Å². The highest BCUT2D eigenvalue weighted by atomic mass is 35.5. The molecule has 4 rings (SSSR count). The highest BCUT2D eigenvalue weighted by Crippen LogP contribution is 2.32. The van der Waals surface area contributed by atoms with Crippen LogP contribution in [0.25, 0.3) is 11.3 Å². The first-order valence-corrected chi connectivity index (χ1v) is 10.3. The van der Waals surface area contributed by atoms with Crippen LogP contribution in [0.15, 0.2) is 54.6 Å². The zero-order valence-electron chi connectivity index (χ0n) is 17.2. The molecular weight excluding hydrogens is 418 g/mol. The topological polar surface area (TPSA) is 82.6 Å². The van der Waals surface area contributed by atoms with E-state index in [0.29, 0.717) is 29.6 Å². The third-order valence-corrected chi connectivity index (χ3v) is 5.16. The molecule has 0 unspecified atom stereocenters. The number of benzene rings is 2. The molecule has 1 amide bonds. The molecule has 1 aliphatic heterocycles. The molecule has 1 aliphatic rings. The Morgan fingerprint density at radius 2 is 2.10 bits per heavy atom. The normalized spacial score (nSPS) is 15.5. The minimum Gasteiger partial charge on any atom is -0.488 e. The van der Waals surface area contributed by atoms with Crippen molar-refractivity contribution in [3.8, 4) is 28.6 Å². The van der Waals surface area contributed by atoms with Gasteiger partial charge in [-0.3, -0.25) is 4.79 Å². The van der Waals surface area contributed by atoms with Crippen LogP contribution in [0.1, 0.15) is 12.5 Å². The number of rotatable bonds is 7. The first kappa shape index (κ1) is 20.9. The van der Waals surface area contributed by atoms with Gasteiger partial charge in [-0.2, -0.15) is 0 Å². The standard InChI is InChI=1S/C23H22ClN3O4/c1-14(30-18-5-3-4-17(24)12-18)23(28)25-13-19-11-16-10-15(6-8-21(16)31-19)20-7-9-22(29-2)27-26-20/h3-10,12,14,19H,11,13H2,1-2H3,(H,25,28)/t14-,19+/m1/s1. The van der Waals surface area contributed by atoms with Crippen LogP contribution in [0.5, 0.6) is 17.4 Å². The lowest BCUT2D eigenvalue weighted by Crippen LogP contribution is -2.41. The van der Waals surface area contributed by atoms with Gasteiger partial charge in [-0.25, -0.2) is 0 Å². The molecule has 0 saturated carbocycles. The fourth-order valence-corrected chi connectivity index (χ4v) is 3.51. The average Bonchev–Trinajstić information content (AvgIpc) is 3.19. The number of nitrogens with zero attached hydrogens (tertiary/aromatic N) is 2. The van der Waals surface area contributed by atoms with E-state index in [1.165, 1.54) is 0 Å².